The number of aromatic carboxylic acids is 1. The molecule has 0 aliphatic heterocycles. The summed E-state index contributed by atoms with van der Waals surface area (Å²) in [6.45, 7) is 5.95. The van der Waals surface area contributed by atoms with Gasteiger partial charge < -0.3 is 15.3 Å². The molecule has 6 nitrogen and oxygen atoms in total. The van der Waals surface area contributed by atoms with Crippen molar-refractivity contribution in [2.75, 3.05) is 13.6 Å². The quantitative estimate of drug-likeness (QED) is 0.783. The lowest BCUT2D eigenvalue weighted by atomic mass is 10.3. The van der Waals surface area contributed by atoms with Gasteiger partial charge in [-0.1, -0.05) is 6.08 Å². The Bertz CT molecular complexity index is 473. The number of carboxylic acids is 1. The molecule has 1 atom stereocenters. The first-order valence-corrected chi connectivity index (χ1v) is 6.65. The minimum Gasteiger partial charge on any atom is -0.476 e. The van der Waals surface area contributed by atoms with Gasteiger partial charge in [0.05, 0.1) is 6.04 Å². The van der Waals surface area contributed by atoms with E-state index in [0.717, 1.165) is 6.42 Å². The van der Waals surface area contributed by atoms with Crippen LogP contribution in [0.1, 0.15) is 34.9 Å². The number of amides is 2. The molecule has 1 heterocycles. The summed E-state index contributed by atoms with van der Waals surface area (Å²) in [6, 6.07) is -0.543. The average Bonchev–Trinajstić information content (AvgIpc) is 2.85. The first-order valence-electron chi connectivity index (χ1n) is 5.77. The molecule has 0 fully saturated rings. The van der Waals surface area contributed by atoms with Crippen molar-refractivity contribution in [2.45, 2.75) is 19.4 Å². The van der Waals surface area contributed by atoms with Gasteiger partial charge in [-0.3, -0.25) is 0 Å². The second-order valence-corrected chi connectivity index (χ2v) is 4.94. The van der Waals surface area contributed by atoms with Crippen molar-refractivity contribution in [3.63, 3.8) is 0 Å². The molecule has 0 aliphatic rings. The molecule has 0 saturated carbocycles. The van der Waals surface area contributed by atoms with Crippen molar-refractivity contribution in [1.82, 2.24) is 15.2 Å². The third-order valence-electron chi connectivity index (χ3n) is 2.47. The van der Waals surface area contributed by atoms with E-state index in [1.54, 1.807) is 24.9 Å². The van der Waals surface area contributed by atoms with E-state index in [1.807, 2.05) is 0 Å². The zero-order valence-corrected chi connectivity index (χ0v) is 11.7. The summed E-state index contributed by atoms with van der Waals surface area (Å²) in [7, 11) is 1.69. The van der Waals surface area contributed by atoms with Crippen molar-refractivity contribution >= 4 is 23.3 Å². The smallest absolute Gasteiger partial charge is 0.355 e. The van der Waals surface area contributed by atoms with Gasteiger partial charge in [0.1, 0.15) is 5.01 Å². The maximum absolute atomic E-state index is 11.8. The van der Waals surface area contributed by atoms with Gasteiger partial charge in [0, 0.05) is 19.0 Å². The highest BCUT2D eigenvalue weighted by atomic mass is 32.1. The highest BCUT2D eigenvalue weighted by Gasteiger charge is 2.17. The number of nitrogens with one attached hydrogen (secondary N) is 1. The third kappa shape index (κ3) is 4.36. The predicted octanol–water partition coefficient (Wildman–Crippen LogP) is 2.12. The molecular formula is C12H17N3O3S. The molecule has 1 aromatic heterocycles. The number of carbonyl (C=O) groups is 2. The maximum Gasteiger partial charge on any atom is 0.355 e. The summed E-state index contributed by atoms with van der Waals surface area (Å²) in [5.41, 5.74) is 0.00103. The molecule has 0 aliphatic carbocycles. The average molecular weight is 283 g/mol. The number of thiazole rings is 1. The van der Waals surface area contributed by atoms with Crippen LogP contribution in [0.15, 0.2) is 18.0 Å². The first-order chi connectivity index (χ1) is 8.95. The van der Waals surface area contributed by atoms with E-state index in [0.29, 0.717) is 11.6 Å². The maximum atomic E-state index is 11.8. The lowest BCUT2D eigenvalue weighted by molar-refractivity contribution is 0.0691. The minimum absolute atomic E-state index is 0.00103. The van der Waals surface area contributed by atoms with E-state index in [-0.39, 0.29) is 17.8 Å². The fraction of sp³-hybridized carbons (Fsp3) is 0.417. The molecular weight excluding hydrogens is 266 g/mol. The van der Waals surface area contributed by atoms with Crippen LogP contribution < -0.4 is 5.32 Å². The number of carbonyl (C=O) groups excluding carboxylic acids is 1. The zero-order valence-electron chi connectivity index (χ0n) is 10.9. The summed E-state index contributed by atoms with van der Waals surface area (Å²) >= 11 is 1.22. The van der Waals surface area contributed by atoms with E-state index in [4.69, 9.17) is 5.11 Å². The first kappa shape index (κ1) is 15.2. The van der Waals surface area contributed by atoms with Gasteiger partial charge in [-0.25, -0.2) is 14.6 Å². The summed E-state index contributed by atoms with van der Waals surface area (Å²) in [5.74, 6) is -1.07. The predicted molar refractivity (Wildman–Crippen MR) is 73.5 cm³/mol. The van der Waals surface area contributed by atoms with Crippen molar-refractivity contribution in [3.05, 3.63) is 28.7 Å². The van der Waals surface area contributed by atoms with Gasteiger partial charge >= 0.3 is 12.0 Å². The van der Waals surface area contributed by atoms with Crippen molar-refractivity contribution in [3.8, 4) is 0 Å². The Hall–Kier alpha value is -1.89. The van der Waals surface area contributed by atoms with Crippen molar-refractivity contribution < 1.29 is 14.7 Å². The third-order valence-corrected chi connectivity index (χ3v) is 3.49. The van der Waals surface area contributed by atoms with Gasteiger partial charge in [-0.15, -0.1) is 17.9 Å². The number of rotatable bonds is 6. The second-order valence-electron chi connectivity index (χ2n) is 4.05. The normalized spacial score (nSPS) is 11.7. The van der Waals surface area contributed by atoms with E-state index < -0.39 is 5.97 Å². The molecule has 19 heavy (non-hydrogen) atoms. The number of nitrogens with zero attached hydrogens (tertiary/aromatic N) is 2. The number of aromatic nitrogens is 1. The van der Waals surface area contributed by atoms with Gasteiger partial charge in [0.25, 0.3) is 0 Å². The molecule has 1 aromatic rings. The molecule has 1 rings (SSSR count). The van der Waals surface area contributed by atoms with Gasteiger partial charge in [0.2, 0.25) is 0 Å². The van der Waals surface area contributed by atoms with Gasteiger partial charge in [-0.2, -0.15) is 0 Å². The molecule has 0 bridgehead atoms. The van der Waals surface area contributed by atoms with E-state index >= 15 is 0 Å². The molecule has 0 spiro atoms. The monoisotopic (exact) mass is 283 g/mol. The summed E-state index contributed by atoms with van der Waals surface area (Å²) in [5, 5.41) is 13.6. The lowest BCUT2D eigenvalue weighted by Crippen LogP contribution is -2.38. The Morgan fingerprint density at radius 2 is 2.37 bits per heavy atom. The Morgan fingerprint density at radius 3 is 2.89 bits per heavy atom. The van der Waals surface area contributed by atoms with E-state index in [9.17, 15) is 9.59 Å². The number of hydrogen-bond donors (Lipinski definition) is 2. The molecule has 7 heteroatoms. The van der Waals surface area contributed by atoms with Crippen molar-refractivity contribution in [2.24, 2.45) is 0 Å². The Labute approximate surface area is 115 Å². The fourth-order valence-electron chi connectivity index (χ4n) is 1.33. The second kappa shape index (κ2) is 6.89. The molecule has 104 valence electrons. The summed E-state index contributed by atoms with van der Waals surface area (Å²) in [6.07, 6.45) is 2.46. The number of urea groups is 1. The van der Waals surface area contributed by atoms with Crippen LogP contribution in [-0.2, 0) is 0 Å². The van der Waals surface area contributed by atoms with Crippen LogP contribution in [0.4, 0.5) is 4.79 Å². The van der Waals surface area contributed by atoms with Crippen LogP contribution in [0.3, 0.4) is 0 Å². The van der Waals surface area contributed by atoms with Crippen LogP contribution in [0.25, 0.3) is 0 Å². The highest BCUT2D eigenvalue weighted by molar-refractivity contribution is 7.09. The largest absolute Gasteiger partial charge is 0.476 e. The summed E-state index contributed by atoms with van der Waals surface area (Å²) < 4.78 is 0. The molecule has 0 saturated heterocycles. The van der Waals surface area contributed by atoms with Crippen LogP contribution >= 0.6 is 11.3 Å². The standard InChI is InChI=1S/C12H17N3O3S/c1-4-5-6-15(3)12(18)13-8(2)10-14-9(7-19-10)11(16)17/h4,7-8H,1,5-6H2,2-3H3,(H,13,18)(H,16,17). The zero-order chi connectivity index (χ0) is 14.4. The molecule has 1 unspecified atom stereocenters. The van der Waals surface area contributed by atoms with Crippen LogP contribution in [0, 0.1) is 0 Å². The fourth-order valence-corrected chi connectivity index (χ4v) is 2.13. The molecule has 2 N–H and O–H groups in total. The molecule has 2 amide bonds. The Balaban J connectivity index is 2.57. The van der Waals surface area contributed by atoms with Gasteiger partial charge in [0.15, 0.2) is 5.69 Å². The topological polar surface area (TPSA) is 82.5 Å². The van der Waals surface area contributed by atoms with Crippen LogP contribution in [0.5, 0.6) is 0 Å². The van der Waals surface area contributed by atoms with E-state index in [1.165, 1.54) is 16.7 Å². The van der Waals surface area contributed by atoms with Crippen molar-refractivity contribution in [1.29, 1.82) is 0 Å². The Kier molecular flexibility index (Phi) is 5.50. The van der Waals surface area contributed by atoms with Gasteiger partial charge in [-0.05, 0) is 13.3 Å². The SMILES string of the molecule is C=CCCN(C)C(=O)NC(C)c1nc(C(=O)O)cs1. The minimum atomic E-state index is -1.07. The molecule has 0 aromatic carbocycles. The van der Waals surface area contributed by atoms with E-state index in [2.05, 4.69) is 16.9 Å². The summed E-state index contributed by atoms with van der Waals surface area (Å²) in [4.78, 5) is 28.0. The van der Waals surface area contributed by atoms with Crippen LogP contribution in [-0.4, -0.2) is 40.6 Å². The lowest BCUT2D eigenvalue weighted by Gasteiger charge is -2.19. The number of carboxylic acid groups (broad SMARTS) is 1. The highest BCUT2D eigenvalue weighted by Crippen LogP contribution is 2.18. The number of hydrogen-bond acceptors (Lipinski definition) is 4. The van der Waals surface area contributed by atoms with Crippen LogP contribution in [0.2, 0.25) is 0 Å². The Morgan fingerprint density at radius 1 is 1.68 bits per heavy atom. The molecule has 0 radical (unpaired) electrons.